The van der Waals surface area contributed by atoms with Crippen LogP contribution in [0.2, 0.25) is 0 Å². The number of hydrogen-bond acceptors (Lipinski definition) is 3. The van der Waals surface area contributed by atoms with Crippen molar-refractivity contribution in [2.45, 2.75) is 302 Å². The largest absolute Gasteiger partial charge is 0.394 e. The first kappa shape index (κ1) is 53.1. The normalized spacial score (nSPS) is 12.1. The monoisotopic (exact) mass is 762 g/mol. The fourth-order valence-corrected chi connectivity index (χ4v) is 8.11. The quantitative estimate of drug-likeness (QED) is 0.0607. The van der Waals surface area contributed by atoms with Crippen LogP contribution in [0.3, 0.4) is 0 Å². The summed E-state index contributed by atoms with van der Waals surface area (Å²) in [5, 5.41) is 12.8. The highest BCUT2D eigenvalue weighted by Crippen LogP contribution is 2.17. The van der Waals surface area contributed by atoms with Crippen molar-refractivity contribution >= 4 is 11.7 Å². The Morgan fingerprint density at radius 3 is 0.870 bits per heavy atom. The number of carbonyl (C=O) groups is 2. The molecular formula is C50H99NO3. The molecule has 0 saturated heterocycles. The molecule has 0 aliphatic heterocycles. The number of Topliss-reactive ketones (excluding diaryl/α,β-unsaturated/α-hetero) is 1. The summed E-state index contributed by atoms with van der Waals surface area (Å²) in [7, 11) is 0. The Morgan fingerprint density at radius 2 is 0.593 bits per heavy atom. The van der Waals surface area contributed by atoms with Crippen LogP contribution in [-0.4, -0.2) is 29.4 Å². The van der Waals surface area contributed by atoms with E-state index in [4.69, 9.17) is 0 Å². The van der Waals surface area contributed by atoms with E-state index in [1.54, 1.807) is 0 Å². The van der Waals surface area contributed by atoms with E-state index >= 15 is 0 Å². The summed E-state index contributed by atoms with van der Waals surface area (Å²) < 4.78 is 0. The van der Waals surface area contributed by atoms with Crippen molar-refractivity contribution in [3.05, 3.63) is 0 Å². The highest BCUT2D eigenvalue weighted by Gasteiger charge is 2.11. The van der Waals surface area contributed by atoms with Crippen molar-refractivity contribution in [1.82, 2.24) is 5.32 Å². The predicted molar refractivity (Wildman–Crippen MR) is 239 cm³/mol. The second-order valence-corrected chi connectivity index (χ2v) is 17.5. The van der Waals surface area contributed by atoms with Gasteiger partial charge < -0.3 is 10.4 Å². The molecular weight excluding hydrogens is 663 g/mol. The molecule has 0 aliphatic rings. The van der Waals surface area contributed by atoms with Gasteiger partial charge in [0.2, 0.25) is 5.91 Å². The van der Waals surface area contributed by atoms with Crippen LogP contribution in [0.1, 0.15) is 296 Å². The second-order valence-electron chi connectivity index (χ2n) is 17.5. The summed E-state index contributed by atoms with van der Waals surface area (Å²) in [6.45, 7) is 4.63. The number of unbranched alkanes of at least 4 members (excludes halogenated alkanes) is 37. The zero-order valence-electron chi connectivity index (χ0n) is 37.2. The van der Waals surface area contributed by atoms with E-state index in [-0.39, 0.29) is 18.6 Å². The zero-order chi connectivity index (χ0) is 39.3. The van der Waals surface area contributed by atoms with Gasteiger partial charge in [-0.05, 0) is 25.7 Å². The van der Waals surface area contributed by atoms with Gasteiger partial charge in [0.25, 0.3) is 0 Å². The first-order valence-corrected chi connectivity index (χ1v) is 25.1. The second kappa shape index (κ2) is 46.5. The number of aliphatic hydroxyl groups is 1. The highest BCUT2D eigenvalue weighted by molar-refractivity contribution is 5.78. The van der Waals surface area contributed by atoms with E-state index in [0.29, 0.717) is 12.2 Å². The van der Waals surface area contributed by atoms with Gasteiger partial charge in [0, 0.05) is 19.3 Å². The lowest BCUT2D eigenvalue weighted by Gasteiger charge is -2.16. The smallest absolute Gasteiger partial charge is 0.220 e. The molecule has 0 fully saturated rings. The average Bonchev–Trinajstić information content (AvgIpc) is 3.17. The van der Waals surface area contributed by atoms with Gasteiger partial charge in [-0.25, -0.2) is 0 Å². The van der Waals surface area contributed by atoms with Gasteiger partial charge in [0.15, 0.2) is 0 Å². The van der Waals surface area contributed by atoms with Crippen LogP contribution in [0.25, 0.3) is 0 Å². The number of hydrogen-bond donors (Lipinski definition) is 2. The average molecular weight is 762 g/mol. The van der Waals surface area contributed by atoms with E-state index in [0.717, 1.165) is 51.4 Å². The van der Waals surface area contributed by atoms with Crippen LogP contribution in [-0.2, 0) is 9.59 Å². The molecule has 4 nitrogen and oxygen atoms in total. The van der Waals surface area contributed by atoms with Crippen LogP contribution in [0.15, 0.2) is 0 Å². The van der Waals surface area contributed by atoms with Crippen LogP contribution in [0, 0.1) is 0 Å². The fraction of sp³-hybridized carbons (Fsp3) is 0.960. The third-order valence-corrected chi connectivity index (χ3v) is 11.9. The maximum absolute atomic E-state index is 12.4. The Balaban J connectivity index is 3.37. The Bertz CT molecular complexity index is 739. The van der Waals surface area contributed by atoms with Crippen molar-refractivity contribution < 1.29 is 14.7 Å². The van der Waals surface area contributed by atoms with Gasteiger partial charge in [0.05, 0.1) is 12.6 Å². The molecule has 0 aliphatic carbocycles. The number of amides is 1. The summed E-state index contributed by atoms with van der Waals surface area (Å²) in [5.41, 5.74) is 0. The van der Waals surface area contributed by atoms with Crippen molar-refractivity contribution in [1.29, 1.82) is 0 Å². The molecule has 2 N–H and O–H groups in total. The Labute approximate surface area is 339 Å². The minimum Gasteiger partial charge on any atom is -0.394 e. The van der Waals surface area contributed by atoms with Crippen molar-refractivity contribution in [2.75, 3.05) is 6.61 Å². The molecule has 54 heavy (non-hydrogen) atoms. The third-order valence-electron chi connectivity index (χ3n) is 11.9. The molecule has 0 aromatic carbocycles. The van der Waals surface area contributed by atoms with Gasteiger partial charge in [-0.15, -0.1) is 0 Å². The summed E-state index contributed by atoms with van der Waals surface area (Å²) in [6.07, 6.45) is 56.0. The van der Waals surface area contributed by atoms with Crippen molar-refractivity contribution in [3.8, 4) is 0 Å². The highest BCUT2D eigenvalue weighted by atomic mass is 16.3. The Hall–Kier alpha value is -0.900. The predicted octanol–water partition coefficient (Wildman–Crippen LogP) is 16.2. The molecule has 0 aromatic heterocycles. The molecule has 0 radical (unpaired) electrons. The van der Waals surface area contributed by atoms with Gasteiger partial charge >= 0.3 is 0 Å². The lowest BCUT2D eigenvalue weighted by molar-refractivity contribution is -0.122. The van der Waals surface area contributed by atoms with E-state index in [2.05, 4.69) is 19.2 Å². The number of rotatable bonds is 47. The first-order valence-electron chi connectivity index (χ1n) is 25.1. The first-order chi connectivity index (χ1) is 26.6. The van der Waals surface area contributed by atoms with Gasteiger partial charge in [-0.1, -0.05) is 251 Å². The van der Waals surface area contributed by atoms with Crippen LogP contribution in [0.5, 0.6) is 0 Å². The lowest BCUT2D eigenvalue weighted by Crippen LogP contribution is -2.37. The molecule has 0 saturated carbocycles. The number of nitrogens with one attached hydrogen (secondary N) is 1. The molecule has 1 atom stereocenters. The molecule has 322 valence electrons. The lowest BCUT2D eigenvalue weighted by atomic mass is 10.0. The van der Waals surface area contributed by atoms with Gasteiger partial charge in [-0.2, -0.15) is 0 Å². The maximum Gasteiger partial charge on any atom is 0.220 e. The van der Waals surface area contributed by atoms with Crippen molar-refractivity contribution in [3.63, 3.8) is 0 Å². The summed E-state index contributed by atoms with van der Waals surface area (Å²) in [5.74, 6) is 0.622. The van der Waals surface area contributed by atoms with E-state index in [1.165, 1.54) is 225 Å². The Kier molecular flexibility index (Phi) is 45.7. The van der Waals surface area contributed by atoms with Gasteiger partial charge in [0.1, 0.15) is 5.78 Å². The minimum absolute atomic E-state index is 0.0605. The van der Waals surface area contributed by atoms with Gasteiger partial charge in [-0.3, -0.25) is 9.59 Å². The minimum atomic E-state index is -0.0673. The number of aliphatic hydroxyl groups excluding tert-OH is 1. The molecule has 4 heteroatoms. The zero-order valence-corrected chi connectivity index (χ0v) is 37.2. The topological polar surface area (TPSA) is 66.4 Å². The van der Waals surface area contributed by atoms with E-state index in [9.17, 15) is 14.7 Å². The summed E-state index contributed by atoms with van der Waals surface area (Å²) >= 11 is 0. The standard InChI is InChI=1S/C50H99NO3/c1-3-5-7-9-11-13-15-16-17-18-20-24-27-31-35-39-43-48(47-52)51-50(54)46-42-38-34-30-26-22-19-21-25-29-33-37-41-45-49(53)44-40-36-32-28-23-14-12-10-8-6-4-2/h48,52H,3-47H2,1-2H3,(H,51,54)/t48-/m1/s1. The molecule has 0 aromatic rings. The molecule has 0 bridgehead atoms. The SMILES string of the molecule is CCCCCCCCCCCCCCCCCC[C@H](CO)NC(=O)CCCCCCCCCCCCCCCC(=O)CCCCCCCCCCCCC. The maximum atomic E-state index is 12.4. The van der Waals surface area contributed by atoms with E-state index in [1.807, 2.05) is 0 Å². The van der Waals surface area contributed by atoms with Crippen LogP contribution in [0.4, 0.5) is 0 Å². The van der Waals surface area contributed by atoms with Crippen molar-refractivity contribution in [2.24, 2.45) is 0 Å². The fourth-order valence-electron chi connectivity index (χ4n) is 8.11. The van der Waals surface area contributed by atoms with Crippen LogP contribution >= 0.6 is 0 Å². The molecule has 0 heterocycles. The number of ketones is 1. The molecule has 0 unspecified atom stereocenters. The third kappa shape index (κ3) is 43.8. The summed E-state index contributed by atoms with van der Waals surface area (Å²) in [4.78, 5) is 24.6. The summed E-state index contributed by atoms with van der Waals surface area (Å²) in [6, 6.07) is -0.0673. The Morgan fingerprint density at radius 1 is 0.352 bits per heavy atom. The molecule has 0 spiro atoms. The molecule has 0 rings (SSSR count). The van der Waals surface area contributed by atoms with Crippen LogP contribution < -0.4 is 5.32 Å². The molecule has 1 amide bonds. The number of carbonyl (C=O) groups excluding carboxylic acids is 2. The van der Waals surface area contributed by atoms with E-state index < -0.39 is 0 Å².